The summed E-state index contributed by atoms with van der Waals surface area (Å²) in [6, 6.07) is 32.8. The van der Waals surface area contributed by atoms with Crippen LogP contribution in [0.3, 0.4) is 0 Å². The van der Waals surface area contributed by atoms with Gasteiger partial charge in [-0.15, -0.1) is 0 Å². The van der Waals surface area contributed by atoms with Gasteiger partial charge in [-0.25, -0.2) is 9.78 Å². The molecule has 5 heteroatoms. The topological polar surface area (TPSA) is 64.3 Å². The average Bonchev–Trinajstić information content (AvgIpc) is 3.23. The first kappa shape index (κ1) is 19.6. The fourth-order valence-electron chi connectivity index (χ4n) is 3.67. The number of aromatic carboxylic acids is 1. The second-order valence-corrected chi connectivity index (χ2v) is 7.41. The molecule has 5 aromatic rings. The van der Waals surface area contributed by atoms with E-state index in [1.165, 1.54) is 0 Å². The van der Waals surface area contributed by atoms with Gasteiger partial charge in [0.2, 0.25) is 0 Å². The number of carbonyl (C=O) groups is 1. The van der Waals surface area contributed by atoms with Crippen LogP contribution in [0.1, 0.15) is 15.9 Å². The largest absolute Gasteiger partial charge is 0.489 e. The number of hydrogen-bond donors (Lipinski definition) is 1. The number of carboxylic acid groups (broad SMARTS) is 1. The minimum atomic E-state index is -0.939. The molecule has 0 bridgehead atoms. The first-order valence-corrected chi connectivity index (χ1v) is 10.3. The number of rotatable bonds is 6. The zero-order valence-corrected chi connectivity index (χ0v) is 17.2. The number of hydrogen-bond acceptors (Lipinski definition) is 3. The molecule has 0 aliphatic rings. The van der Waals surface area contributed by atoms with Crippen LogP contribution >= 0.6 is 0 Å². The molecule has 5 nitrogen and oxygen atoms in total. The predicted octanol–water partition coefficient (Wildman–Crippen LogP) is 5.97. The molecule has 0 atom stereocenters. The van der Waals surface area contributed by atoms with Gasteiger partial charge in [-0.3, -0.25) is 4.57 Å². The molecule has 156 valence electrons. The maximum absolute atomic E-state index is 11.0. The SMILES string of the molecule is O=C(O)c1ccc(COc2ccc3nc(-c4ccccc4)n(-c4ccccc4)c3c2)cc1. The summed E-state index contributed by atoms with van der Waals surface area (Å²) in [5, 5.41) is 9.05. The van der Waals surface area contributed by atoms with Gasteiger partial charge in [0.25, 0.3) is 0 Å². The second-order valence-electron chi connectivity index (χ2n) is 7.41. The van der Waals surface area contributed by atoms with Crippen LogP contribution in [0.4, 0.5) is 0 Å². The summed E-state index contributed by atoms with van der Waals surface area (Å²) in [5.74, 6) is 0.649. The molecule has 0 amide bonds. The van der Waals surface area contributed by atoms with E-state index >= 15 is 0 Å². The summed E-state index contributed by atoms with van der Waals surface area (Å²) < 4.78 is 8.16. The third-order valence-corrected chi connectivity index (χ3v) is 5.28. The minimum Gasteiger partial charge on any atom is -0.489 e. The summed E-state index contributed by atoms with van der Waals surface area (Å²) >= 11 is 0. The highest BCUT2D eigenvalue weighted by Crippen LogP contribution is 2.31. The summed E-state index contributed by atoms with van der Waals surface area (Å²) in [5.41, 5.74) is 5.05. The Morgan fingerprint density at radius 1 is 0.844 bits per heavy atom. The Labute approximate surface area is 185 Å². The molecule has 0 saturated carbocycles. The lowest BCUT2D eigenvalue weighted by Gasteiger charge is -2.11. The molecule has 0 fully saturated rings. The number of imidazole rings is 1. The van der Waals surface area contributed by atoms with Crippen LogP contribution in [-0.2, 0) is 6.61 Å². The third kappa shape index (κ3) is 3.84. The number of ether oxygens (including phenoxy) is 1. The molecule has 0 aliphatic carbocycles. The van der Waals surface area contributed by atoms with Gasteiger partial charge in [-0.2, -0.15) is 0 Å². The number of fused-ring (bicyclic) bond motifs is 1. The molecule has 1 aromatic heterocycles. The fourth-order valence-corrected chi connectivity index (χ4v) is 3.67. The van der Waals surface area contributed by atoms with E-state index in [0.717, 1.165) is 39.4 Å². The zero-order valence-electron chi connectivity index (χ0n) is 17.2. The van der Waals surface area contributed by atoms with Crippen LogP contribution < -0.4 is 4.74 Å². The van der Waals surface area contributed by atoms with Crippen molar-refractivity contribution in [3.05, 3.63) is 114 Å². The smallest absolute Gasteiger partial charge is 0.335 e. The highest BCUT2D eigenvalue weighted by atomic mass is 16.5. The van der Waals surface area contributed by atoms with Crippen molar-refractivity contribution in [3.8, 4) is 22.8 Å². The molecule has 32 heavy (non-hydrogen) atoms. The van der Waals surface area contributed by atoms with Gasteiger partial charge in [0.1, 0.15) is 18.2 Å². The summed E-state index contributed by atoms with van der Waals surface area (Å²) in [4.78, 5) is 15.9. The highest BCUT2D eigenvalue weighted by molar-refractivity contribution is 5.87. The number of aromatic nitrogens is 2. The first-order valence-electron chi connectivity index (χ1n) is 10.3. The van der Waals surface area contributed by atoms with Crippen molar-refractivity contribution in [3.63, 3.8) is 0 Å². The molecular weight excluding hydrogens is 400 g/mol. The van der Waals surface area contributed by atoms with Crippen molar-refractivity contribution in [1.29, 1.82) is 0 Å². The Balaban J connectivity index is 1.52. The standard InChI is InChI=1S/C27H20N2O3/c30-27(31)21-13-11-19(12-14-21)18-32-23-15-16-24-25(17-23)29(22-9-5-2-6-10-22)26(28-24)20-7-3-1-4-8-20/h1-17H,18H2,(H,30,31). The van der Waals surface area contributed by atoms with E-state index in [2.05, 4.69) is 28.8 Å². The molecule has 4 aromatic carbocycles. The van der Waals surface area contributed by atoms with E-state index in [-0.39, 0.29) is 5.56 Å². The van der Waals surface area contributed by atoms with E-state index in [1.807, 2.05) is 54.6 Å². The lowest BCUT2D eigenvalue weighted by Crippen LogP contribution is -1.99. The number of para-hydroxylation sites is 1. The van der Waals surface area contributed by atoms with Gasteiger partial charge >= 0.3 is 5.97 Å². The van der Waals surface area contributed by atoms with Gasteiger partial charge in [-0.1, -0.05) is 60.7 Å². The zero-order chi connectivity index (χ0) is 21.9. The maximum Gasteiger partial charge on any atom is 0.335 e. The minimum absolute atomic E-state index is 0.260. The van der Waals surface area contributed by atoms with Crippen molar-refractivity contribution in [2.24, 2.45) is 0 Å². The molecule has 0 radical (unpaired) electrons. The van der Waals surface area contributed by atoms with Crippen molar-refractivity contribution in [1.82, 2.24) is 9.55 Å². The summed E-state index contributed by atoms with van der Waals surface area (Å²) in [6.07, 6.45) is 0. The lowest BCUT2D eigenvalue weighted by molar-refractivity contribution is 0.0697. The molecule has 0 aliphatic heterocycles. The van der Waals surface area contributed by atoms with E-state index in [9.17, 15) is 4.79 Å². The van der Waals surface area contributed by atoms with Crippen LogP contribution in [-0.4, -0.2) is 20.6 Å². The van der Waals surface area contributed by atoms with Gasteiger partial charge in [0.15, 0.2) is 0 Å². The lowest BCUT2D eigenvalue weighted by atomic mass is 10.1. The van der Waals surface area contributed by atoms with Crippen molar-refractivity contribution in [2.75, 3.05) is 0 Å². The Morgan fingerprint density at radius 2 is 1.53 bits per heavy atom. The van der Waals surface area contributed by atoms with Gasteiger partial charge in [-0.05, 0) is 42.0 Å². The molecular formula is C27H20N2O3. The molecule has 0 spiro atoms. The molecule has 1 heterocycles. The van der Waals surface area contributed by atoms with E-state index in [0.29, 0.717) is 6.61 Å². The van der Waals surface area contributed by atoms with Crippen LogP contribution in [0, 0.1) is 0 Å². The number of carboxylic acids is 1. The van der Waals surface area contributed by atoms with Crippen molar-refractivity contribution in [2.45, 2.75) is 6.61 Å². The third-order valence-electron chi connectivity index (χ3n) is 5.28. The fraction of sp³-hybridized carbons (Fsp3) is 0.0370. The van der Waals surface area contributed by atoms with Gasteiger partial charge in [0.05, 0.1) is 16.6 Å². The normalized spacial score (nSPS) is 10.9. The monoisotopic (exact) mass is 420 g/mol. The molecule has 1 N–H and O–H groups in total. The Kier molecular flexibility index (Phi) is 5.14. The first-order chi connectivity index (χ1) is 15.7. The number of nitrogens with zero attached hydrogens (tertiary/aromatic N) is 2. The van der Waals surface area contributed by atoms with Crippen LogP contribution in [0.5, 0.6) is 5.75 Å². The van der Waals surface area contributed by atoms with E-state index in [1.54, 1.807) is 24.3 Å². The van der Waals surface area contributed by atoms with Crippen LogP contribution in [0.25, 0.3) is 28.1 Å². The Hall–Kier alpha value is -4.38. The highest BCUT2D eigenvalue weighted by Gasteiger charge is 2.15. The van der Waals surface area contributed by atoms with Crippen LogP contribution in [0.15, 0.2) is 103 Å². The predicted molar refractivity (Wildman–Crippen MR) is 124 cm³/mol. The van der Waals surface area contributed by atoms with Crippen molar-refractivity contribution >= 4 is 17.0 Å². The molecule has 0 saturated heterocycles. The maximum atomic E-state index is 11.0. The van der Waals surface area contributed by atoms with Gasteiger partial charge < -0.3 is 9.84 Å². The summed E-state index contributed by atoms with van der Waals surface area (Å²) in [6.45, 7) is 0.344. The Morgan fingerprint density at radius 3 is 2.22 bits per heavy atom. The summed E-state index contributed by atoms with van der Waals surface area (Å²) in [7, 11) is 0. The van der Waals surface area contributed by atoms with Crippen molar-refractivity contribution < 1.29 is 14.6 Å². The van der Waals surface area contributed by atoms with E-state index < -0.39 is 5.97 Å². The Bertz CT molecular complexity index is 1380. The second kappa shape index (κ2) is 8.40. The average molecular weight is 420 g/mol. The molecule has 0 unspecified atom stereocenters. The number of benzene rings is 4. The molecule has 5 rings (SSSR count). The van der Waals surface area contributed by atoms with Gasteiger partial charge in [0, 0.05) is 17.3 Å². The quantitative estimate of drug-likeness (QED) is 0.368. The van der Waals surface area contributed by atoms with E-state index in [4.69, 9.17) is 14.8 Å². The van der Waals surface area contributed by atoms with Crippen LogP contribution in [0.2, 0.25) is 0 Å².